The number of morpholine rings is 1. The Morgan fingerprint density at radius 3 is 2.95 bits per heavy atom. The molecule has 1 amide bonds. The van der Waals surface area contributed by atoms with Crippen LogP contribution in [0.15, 0.2) is 22.7 Å². The fourth-order valence-corrected chi connectivity index (χ4v) is 2.50. The highest BCUT2D eigenvalue weighted by Gasteiger charge is 2.29. The van der Waals surface area contributed by atoms with Gasteiger partial charge in [0.15, 0.2) is 18.2 Å². The lowest BCUT2D eigenvalue weighted by atomic mass is 10.1. The molecule has 8 heteroatoms. The van der Waals surface area contributed by atoms with E-state index in [1.54, 1.807) is 6.07 Å². The molecule has 1 N–H and O–H groups in total. The molecule has 22 heavy (non-hydrogen) atoms. The lowest BCUT2D eigenvalue weighted by Gasteiger charge is -2.34. The molecule has 1 aromatic carbocycles. The van der Waals surface area contributed by atoms with Crippen LogP contribution in [0.3, 0.4) is 0 Å². The van der Waals surface area contributed by atoms with Crippen LogP contribution in [0.5, 0.6) is 5.75 Å². The van der Waals surface area contributed by atoms with Crippen molar-refractivity contribution in [3.8, 4) is 5.75 Å². The van der Waals surface area contributed by atoms with Gasteiger partial charge in [0, 0.05) is 11.0 Å². The molecule has 120 valence electrons. The van der Waals surface area contributed by atoms with Gasteiger partial charge in [0.05, 0.1) is 25.7 Å². The Kier molecular flexibility index (Phi) is 5.73. The summed E-state index contributed by atoms with van der Waals surface area (Å²) in [6, 6.07) is 3.73. The second-order valence-electron chi connectivity index (χ2n) is 4.78. The number of benzene rings is 1. The maximum atomic E-state index is 13.6. The topological polar surface area (TPSA) is 76.1 Å². The number of carbonyl (C=O) groups excluding carboxylic acids is 1. The SMILES string of the molecule is O=C(O)CC1COCCN1C(=O)COc1ccc(Br)cc1F. The second-order valence-corrected chi connectivity index (χ2v) is 5.69. The minimum Gasteiger partial charge on any atom is -0.481 e. The molecular formula is C14H15BrFNO5. The number of amides is 1. The summed E-state index contributed by atoms with van der Waals surface area (Å²) in [6.45, 7) is 0.455. The molecule has 1 unspecified atom stereocenters. The molecule has 1 aromatic rings. The number of carboxylic acids is 1. The summed E-state index contributed by atoms with van der Waals surface area (Å²) in [4.78, 5) is 24.4. The van der Waals surface area contributed by atoms with E-state index in [1.807, 2.05) is 0 Å². The van der Waals surface area contributed by atoms with Crippen LogP contribution >= 0.6 is 15.9 Å². The van der Waals surface area contributed by atoms with Gasteiger partial charge in [0.2, 0.25) is 0 Å². The van der Waals surface area contributed by atoms with Gasteiger partial charge in [-0.3, -0.25) is 9.59 Å². The maximum absolute atomic E-state index is 13.6. The number of nitrogens with zero attached hydrogens (tertiary/aromatic N) is 1. The molecule has 2 rings (SSSR count). The van der Waals surface area contributed by atoms with Crippen LogP contribution in [0.4, 0.5) is 4.39 Å². The van der Waals surface area contributed by atoms with E-state index in [-0.39, 0.29) is 25.4 Å². The van der Waals surface area contributed by atoms with Gasteiger partial charge in [-0.1, -0.05) is 15.9 Å². The Balaban J connectivity index is 1.96. The first-order valence-electron chi connectivity index (χ1n) is 6.64. The Morgan fingerprint density at radius 2 is 2.27 bits per heavy atom. The van der Waals surface area contributed by atoms with Gasteiger partial charge in [-0.15, -0.1) is 0 Å². The van der Waals surface area contributed by atoms with E-state index in [1.165, 1.54) is 17.0 Å². The zero-order chi connectivity index (χ0) is 16.1. The van der Waals surface area contributed by atoms with Gasteiger partial charge < -0.3 is 19.5 Å². The monoisotopic (exact) mass is 375 g/mol. The van der Waals surface area contributed by atoms with Crippen molar-refractivity contribution in [1.82, 2.24) is 4.90 Å². The quantitative estimate of drug-likeness (QED) is 0.846. The van der Waals surface area contributed by atoms with Crippen LogP contribution in [-0.4, -0.2) is 54.3 Å². The third kappa shape index (κ3) is 4.41. The Labute approximate surface area is 134 Å². The second kappa shape index (κ2) is 7.55. The van der Waals surface area contributed by atoms with Crippen LogP contribution in [0.2, 0.25) is 0 Å². The third-order valence-electron chi connectivity index (χ3n) is 3.20. The van der Waals surface area contributed by atoms with Crippen LogP contribution in [0, 0.1) is 5.82 Å². The number of hydrogen-bond acceptors (Lipinski definition) is 4. The number of rotatable bonds is 5. The minimum atomic E-state index is -1.01. The van der Waals surface area contributed by atoms with Gasteiger partial charge in [-0.05, 0) is 18.2 Å². The molecule has 0 radical (unpaired) electrons. The van der Waals surface area contributed by atoms with Crippen LogP contribution in [0.1, 0.15) is 6.42 Å². The summed E-state index contributed by atoms with van der Waals surface area (Å²) in [7, 11) is 0. The van der Waals surface area contributed by atoms with E-state index in [0.717, 1.165) is 0 Å². The molecule has 1 saturated heterocycles. The van der Waals surface area contributed by atoms with E-state index >= 15 is 0 Å². The van der Waals surface area contributed by atoms with Crippen LogP contribution < -0.4 is 4.74 Å². The summed E-state index contributed by atoms with van der Waals surface area (Å²) < 4.78 is 24.6. The van der Waals surface area contributed by atoms with Crippen molar-refractivity contribution in [2.24, 2.45) is 0 Å². The van der Waals surface area contributed by atoms with Crippen molar-refractivity contribution in [3.63, 3.8) is 0 Å². The number of carboxylic acid groups (broad SMARTS) is 1. The van der Waals surface area contributed by atoms with Crippen molar-refractivity contribution in [1.29, 1.82) is 0 Å². The standard InChI is InChI=1S/C14H15BrFNO5/c15-9-1-2-12(11(16)5-9)22-8-13(18)17-3-4-21-7-10(17)6-14(19)20/h1-2,5,10H,3-4,6-8H2,(H,19,20). The molecule has 1 aliphatic heterocycles. The minimum absolute atomic E-state index is 0.0282. The zero-order valence-electron chi connectivity index (χ0n) is 11.6. The van der Waals surface area contributed by atoms with Gasteiger partial charge >= 0.3 is 5.97 Å². The molecule has 0 saturated carbocycles. The van der Waals surface area contributed by atoms with Crippen molar-refractivity contribution in [3.05, 3.63) is 28.5 Å². The van der Waals surface area contributed by atoms with E-state index in [0.29, 0.717) is 17.6 Å². The molecule has 0 aliphatic carbocycles. The summed E-state index contributed by atoms with van der Waals surface area (Å²) in [6.07, 6.45) is -0.196. The van der Waals surface area contributed by atoms with E-state index < -0.39 is 23.7 Å². The molecule has 1 aliphatic rings. The normalized spacial score (nSPS) is 18.1. The fraction of sp³-hybridized carbons (Fsp3) is 0.429. The van der Waals surface area contributed by atoms with Gasteiger partial charge in [0.1, 0.15) is 0 Å². The number of ether oxygens (including phenoxy) is 2. The number of halogens is 2. The smallest absolute Gasteiger partial charge is 0.305 e. The molecule has 0 bridgehead atoms. The number of hydrogen-bond donors (Lipinski definition) is 1. The largest absolute Gasteiger partial charge is 0.481 e. The lowest BCUT2D eigenvalue weighted by Crippen LogP contribution is -2.51. The predicted octanol–water partition coefficient (Wildman–Crippen LogP) is 1.67. The molecule has 1 atom stereocenters. The maximum Gasteiger partial charge on any atom is 0.305 e. The van der Waals surface area contributed by atoms with Gasteiger partial charge in [0.25, 0.3) is 5.91 Å². The Bertz CT molecular complexity index is 568. The van der Waals surface area contributed by atoms with Gasteiger partial charge in [-0.2, -0.15) is 0 Å². The predicted molar refractivity (Wildman–Crippen MR) is 78.2 cm³/mol. The highest BCUT2D eigenvalue weighted by Crippen LogP contribution is 2.21. The summed E-state index contributed by atoms with van der Waals surface area (Å²) in [5.41, 5.74) is 0. The van der Waals surface area contributed by atoms with Crippen LogP contribution in [0.25, 0.3) is 0 Å². The van der Waals surface area contributed by atoms with Crippen molar-refractivity contribution in [2.75, 3.05) is 26.4 Å². The average molecular weight is 376 g/mol. The molecule has 0 aromatic heterocycles. The first-order valence-corrected chi connectivity index (χ1v) is 7.43. The Hall–Kier alpha value is -1.67. The summed E-state index contributed by atoms with van der Waals surface area (Å²) >= 11 is 3.13. The van der Waals surface area contributed by atoms with E-state index in [4.69, 9.17) is 14.6 Å². The number of aliphatic carboxylic acids is 1. The first-order chi connectivity index (χ1) is 10.5. The van der Waals surface area contributed by atoms with E-state index in [2.05, 4.69) is 15.9 Å². The van der Waals surface area contributed by atoms with Crippen molar-refractivity contribution < 1.29 is 28.6 Å². The lowest BCUT2D eigenvalue weighted by molar-refractivity contribution is -0.147. The molecule has 0 spiro atoms. The molecule has 1 fully saturated rings. The van der Waals surface area contributed by atoms with Crippen LogP contribution in [-0.2, 0) is 14.3 Å². The average Bonchev–Trinajstić information content (AvgIpc) is 2.46. The summed E-state index contributed by atoms with van der Waals surface area (Å²) in [5, 5.41) is 8.86. The molecule has 6 nitrogen and oxygen atoms in total. The fourth-order valence-electron chi connectivity index (χ4n) is 2.17. The molecular weight excluding hydrogens is 361 g/mol. The summed E-state index contributed by atoms with van der Waals surface area (Å²) in [5.74, 6) is -2.00. The third-order valence-corrected chi connectivity index (χ3v) is 3.70. The van der Waals surface area contributed by atoms with Crippen molar-refractivity contribution >= 4 is 27.8 Å². The van der Waals surface area contributed by atoms with Crippen molar-refractivity contribution in [2.45, 2.75) is 12.5 Å². The number of carbonyl (C=O) groups is 2. The highest BCUT2D eigenvalue weighted by atomic mass is 79.9. The highest BCUT2D eigenvalue weighted by molar-refractivity contribution is 9.10. The van der Waals surface area contributed by atoms with E-state index in [9.17, 15) is 14.0 Å². The zero-order valence-corrected chi connectivity index (χ0v) is 13.2. The molecule has 1 heterocycles. The first kappa shape index (κ1) is 16.7. The van der Waals surface area contributed by atoms with Gasteiger partial charge in [-0.25, -0.2) is 4.39 Å². The Morgan fingerprint density at radius 1 is 1.50 bits per heavy atom.